The molecule has 4 fully saturated rings. The van der Waals surface area contributed by atoms with Crippen molar-refractivity contribution in [3.8, 4) is 0 Å². The third-order valence-electron chi connectivity index (χ3n) is 11.1. The first-order valence-corrected chi connectivity index (χ1v) is 17.3. The zero-order chi connectivity index (χ0) is 35.2. The topological polar surface area (TPSA) is 171 Å². The summed E-state index contributed by atoms with van der Waals surface area (Å²) in [5.41, 5.74) is 4.69. The Labute approximate surface area is 283 Å². The van der Waals surface area contributed by atoms with E-state index in [1.54, 1.807) is 9.80 Å². The first kappa shape index (κ1) is 35.3. The van der Waals surface area contributed by atoms with Gasteiger partial charge in [0.25, 0.3) is 5.91 Å². The van der Waals surface area contributed by atoms with Crippen molar-refractivity contribution in [1.82, 2.24) is 25.8 Å². The average molecular weight is 665 g/mol. The van der Waals surface area contributed by atoms with Crippen LogP contribution in [0.3, 0.4) is 0 Å². The number of Topliss-reactive ketones (excluding diaryl/α,β-unsaturated/α-hetero) is 1. The van der Waals surface area contributed by atoms with Crippen molar-refractivity contribution in [2.75, 3.05) is 19.6 Å². The van der Waals surface area contributed by atoms with E-state index in [4.69, 9.17) is 5.73 Å². The Morgan fingerprint density at radius 3 is 2.27 bits per heavy atom. The number of fused-ring (bicyclic) bond motifs is 1. The van der Waals surface area contributed by atoms with Crippen LogP contribution in [-0.4, -0.2) is 88.5 Å². The zero-order valence-corrected chi connectivity index (χ0v) is 29.1. The highest BCUT2D eigenvalue weighted by molar-refractivity contribution is 6.37. The molecular formula is C36H52N6O6. The van der Waals surface area contributed by atoms with Gasteiger partial charge in [-0.1, -0.05) is 77.8 Å². The molecule has 1 aromatic rings. The third kappa shape index (κ3) is 7.52. The first-order valence-electron chi connectivity index (χ1n) is 17.3. The van der Waals surface area contributed by atoms with Crippen molar-refractivity contribution in [3.05, 3.63) is 35.9 Å². The summed E-state index contributed by atoms with van der Waals surface area (Å²) in [5.74, 6) is -2.66. The summed E-state index contributed by atoms with van der Waals surface area (Å²) in [5, 5.41) is 8.93. The van der Waals surface area contributed by atoms with E-state index in [1.807, 2.05) is 51.1 Å². The number of rotatable bonds is 11. The number of likely N-dealkylation sites (tertiary alicyclic amines) is 2. The average Bonchev–Trinajstić information content (AvgIpc) is 3.86. The zero-order valence-electron chi connectivity index (χ0n) is 29.1. The number of piperidine rings is 2. The summed E-state index contributed by atoms with van der Waals surface area (Å²) in [6.45, 7) is 12.5. The number of benzene rings is 1. The number of nitrogens with zero attached hydrogens (tertiary/aromatic N) is 2. The fourth-order valence-corrected chi connectivity index (χ4v) is 8.06. The van der Waals surface area contributed by atoms with Crippen LogP contribution in [-0.2, 0) is 30.4 Å². The summed E-state index contributed by atoms with van der Waals surface area (Å²) in [6.07, 6.45) is 4.07. The summed E-state index contributed by atoms with van der Waals surface area (Å²) in [4.78, 5) is 82.5. The molecule has 12 heteroatoms. The minimum absolute atomic E-state index is 0.0613. The number of nitrogens with one attached hydrogen (secondary N) is 3. The number of urea groups is 1. The van der Waals surface area contributed by atoms with Gasteiger partial charge in [-0.25, -0.2) is 4.79 Å². The lowest BCUT2D eigenvalue weighted by atomic mass is 9.82. The molecule has 2 unspecified atom stereocenters. The predicted molar refractivity (Wildman–Crippen MR) is 179 cm³/mol. The molecule has 0 spiro atoms. The number of ketones is 1. The molecule has 48 heavy (non-hydrogen) atoms. The number of hydrogen-bond donors (Lipinski definition) is 4. The standard InChI is InChI=1S/C36H52N6O6/c1-21(43)41-16-10-15-36(20-41,18-23-11-8-7-9-12-23)40-33(48)39-29(34(2,3)4)32(47)42-19-24-26(35(24,5)6)27(42)31(46)38-25(17-22-13-14-22)28(44)30(37)45/h7-9,11-12,22,24-27,29H,10,13-20H2,1-6H3,(H2,37,45)(H,38,46)(H2,39,40,48)/t24-,25?,26-,27-,29+,36?/m0/s1. The van der Waals surface area contributed by atoms with Gasteiger partial charge in [0.1, 0.15) is 12.1 Å². The molecule has 6 amide bonds. The molecular weight excluding hydrogens is 612 g/mol. The molecule has 12 nitrogen and oxygen atoms in total. The molecule has 0 radical (unpaired) electrons. The first-order chi connectivity index (χ1) is 22.4. The van der Waals surface area contributed by atoms with E-state index >= 15 is 0 Å². The highest BCUT2D eigenvalue weighted by Crippen LogP contribution is 2.65. The lowest BCUT2D eigenvalue weighted by Crippen LogP contribution is -2.65. The van der Waals surface area contributed by atoms with Crippen LogP contribution >= 0.6 is 0 Å². The summed E-state index contributed by atoms with van der Waals surface area (Å²) < 4.78 is 0. The lowest BCUT2D eigenvalue weighted by Gasteiger charge is -2.44. The molecule has 262 valence electrons. The number of carbonyl (C=O) groups is 6. The lowest BCUT2D eigenvalue weighted by molar-refractivity contribution is -0.145. The van der Waals surface area contributed by atoms with Crippen molar-refractivity contribution in [2.24, 2.45) is 34.3 Å². The van der Waals surface area contributed by atoms with Crippen molar-refractivity contribution in [1.29, 1.82) is 0 Å². The molecule has 2 aliphatic heterocycles. The molecule has 5 rings (SSSR count). The van der Waals surface area contributed by atoms with Gasteiger partial charge in [-0.05, 0) is 59.8 Å². The maximum Gasteiger partial charge on any atom is 0.315 e. The van der Waals surface area contributed by atoms with Crippen LogP contribution in [0.5, 0.6) is 0 Å². The fourth-order valence-electron chi connectivity index (χ4n) is 8.06. The molecule has 2 saturated carbocycles. The quantitative estimate of drug-likeness (QED) is 0.264. The van der Waals surface area contributed by atoms with Crippen LogP contribution in [0.1, 0.15) is 79.2 Å². The Hall–Kier alpha value is -3.96. The van der Waals surface area contributed by atoms with Gasteiger partial charge in [-0.2, -0.15) is 0 Å². The molecule has 2 saturated heterocycles. The largest absolute Gasteiger partial charge is 0.363 e. The van der Waals surface area contributed by atoms with Gasteiger partial charge in [0.05, 0.1) is 11.6 Å². The third-order valence-corrected chi connectivity index (χ3v) is 11.1. The molecule has 4 aliphatic rings. The van der Waals surface area contributed by atoms with E-state index in [0.717, 1.165) is 24.8 Å². The van der Waals surface area contributed by atoms with Gasteiger partial charge >= 0.3 is 6.03 Å². The van der Waals surface area contributed by atoms with Crippen LogP contribution in [0.15, 0.2) is 30.3 Å². The predicted octanol–water partition coefficient (Wildman–Crippen LogP) is 2.15. The Bertz CT molecular complexity index is 1450. The fraction of sp³-hybridized carbons (Fsp3) is 0.667. The second-order valence-corrected chi connectivity index (χ2v) is 16.2. The second-order valence-electron chi connectivity index (χ2n) is 16.2. The van der Waals surface area contributed by atoms with Crippen molar-refractivity contribution >= 4 is 35.4 Å². The van der Waals surface area contributed by atoms with E-state index in [0.29, 0.717) is 38.9 Å². The van der Waals surface area contributed by atoms with Gasteiger partial charge in [-0.3, -0.25) is 24.0 Å². The maximum absolute atomic E-state index is 14.4. The Morgan fingerprint density at radius 1 is 1.02 bits per heavy atom. The van der Waals surface area contributed by atoms with Crippen molar-refractivity contribution < 1.29 is 28.8 Å². The van der Waals surface area contributed by atoms with E-state index in [9.17, 15) is 28.8 Å². The summed E-state index contributed by atoms with van der Waals surface area (Å²) in [6, 6.07) is 6.40. The Balaban J connectivity index is 1.36. The van der Waals surface area contributed by atoms with Crippen LogP contribution < -0.4 is 21.7 Å². The number of hydrogen-bond acceptors (Lipinski definition) is 6. The van der Waals surface area contributed by atoms with Crippen LogP contribution in [0.25, 0.3) is 0 Å². The smallest absolute Gasteiger partial charge is 0.315 e. The highest BCUT2D eigenvalue weighted by atomic mass is 16.2. The number of nitrogens with two attached hydrogens (primary N) is 1. The van der Waals surface area contributed by atoms with Crippen LogP contribution in [0, 0.1) is 28.6 Å². The van der Waals surface area contributed by atoms with Crippen molar-refractivity contribution in [3.63, 3.8) is 0 Å². The van der Waals surface area contributed by atoms with Gasteiger partial charge < -0.3 is 31.5 Å². The number of primary amides is 1. The minimum Gasteiger partial charge on any atom is -0.363 e. The maximum atomic E-state index is 14.4. The molecule has 2 aliphatic carbocycles. The second kappa shape index (κ2) is 13.2. The van der Waals surface area contributed by atoms with Crippen LogP contribution in [0.4, 0.5) is 4.79 Å². The highest BCUT2D eigenvalue weighted by Gasteiger charge is 2.70. The normalized spacial score (nSPS) is 27.2. The van der Waals surface area contributed by atoms with E-state index in [-0.39, 0.29) is 35.0 Å². The van der Waals surface area contributed by atoms with Crippen LogP contribution in [0.2, 0.25) is 0 Å². The Kier molecular flexibility index (Phi) is 9.69. The Morgan fingerprint density at radius 2 is 1.69 bits per heavy atom. The number of amides is 6. The van der Waals surface area contributed by atoms with E-state index in [2.05, 4.69) is 29.8 Å². The van der Waals surface area contributed by atoms with Crippen molar-refractivity contribution in [2.45, 2.75) is 104 Å². The monoisotopic (exact) mass is 664 g/mol. The number of carbonyl (C=O) groups excluding carboxylic acids is 6. The summed E-state index contributed by atoms with van der Waals surface area (Å²) >= 11 is 0. The van der Waals surface area contributed by atoms with E-state index < -0.39 is 52.7 Å². The summed E-state index contributed by atoms with van der Waals surface area (Å²) in [7, 11) is 0. The SMILES string of the molecule is CC(=O)N1CCCC(Cc2ccccc2)(NC(=O)N[C@H](C(=O)N2C[C@H]3[C@@H]([C@H]2C(=O)NC(CC2CC2)C(=O)C(N)=O)C3(C)C)C(C)(C)C)C1. The molecule has 2 heterocycles. The molecule has 6 atom stereocenters. The van der Waals surface area contributed by atoms with Gasteiger partial charge in [-0.15, -0.1) is 0 Å². The van der Waals surface area contributed by atoms with Gasteiger partial charge in [0.15, 0.2) is 0 Å². The molecule has 0 aromatic heterocycles. The minimum atomic E-state index is -1.10. The van der Waals surface area contributed by atoms with Gasteiger partial charge in [0, 0.05) is 26.6 Å². The molecule has 5 N–H and O–H groups in total. The van der Waals surface area contributed by atoms with E-state index in [1.165, 1.54) is 6.92 Å². The molecule has 1 aromatic carbocycles. The molecule has 0 bridgehead atoms. The van der Waals surface area contributed by atoms with Gasteiger partial charge in [0.2, 0.25) is 23.5 Å².